The van der Waals surface area contributed by atoms with Crippen LogP contribution in [0.5, 0.6) is 5.75 Å². The number of fused-ring (bicyclic) bond motifs is 1. The van der Waals surface area contributed by atoms with Gasteiger partial charge in [-0.2, -0.15) is 0 Å². The van der Waals surface area contributed by atoms with Crippen LogP contribution in [0.1, 0.15) is 5.56 Å². The Bertz CT molecular complexity index is 695. The molecule has 0 aromatic heterocycles. The van der Waals surface area contributed by atoms with Crippen molar-refractivity contribution in [3.63, 3.8) is 0 Å². The quantitative estimate of drug-likeness (QED) is 0.290. The number of ether oxygens (including phenoxy) is 1. The van der Waals surface area contributed by atoms with Crippen LogP contribution >= 0.6 is 0 Å². The Morgan fingerprint density at radius 1 is 0.632 bits per heavy atom. The summed E-state index contributed by atoms with van der Waals surface area (Å²) in [6.45, 7) is 2.44. The Morgan fingerprint density at radius 3 is 1.63 bits per heavy atom. The Hall–Kier alpha value is 7.31. The van der Waals surface area contributed by atoms with Crippen molar-refractivity contribution in [2.45, 2.75) is 6.92 Å². The summed E-state index contributed by atoms with van der Waals surface area (Å²) in [5.41, 5.74) is 1.76. The summed E-state index contributed by atoms with van der Waals surface area (Å²) >= 11 is 2.79. The molecule has 0 saturated heterocycles. The minimum atomic E-state index is 0.403. The zero-order chi connectivity index (χ0) is 14.5. The van der Waals surface area contributed by atoms with Crippen molar-refractivity contribution in [1.29, 1.82) is 0 Å². The van der Waals surface area contributed by atoms with Crippen LogP contribution in [-0.2, 0) is 0 Å². The van der Waals surface area contributed by atoms with Gasteiger partial charge in [0.1, 0.15) is 0 Å². The van der Waals surface area contributed by atoms with Gasteiger partial charge in [-0.3, -0.25) is 0 Å². The fourth-order valence-corrected chi connectivity index (χ4v) is 59.7. The molecule has 7 heteroatoms. The third-order valence-corrected chi connectivity index (χ3v) is 69.1. The number of methoxy groups -OCH3 is 1. The Balaban J connectivity index is 3.18. The van der Waals surface area contributed by atoms with E-state index in [1.54, 1.807) is 12.2 Å². The summed E-state index contributed by atoms with van der Waals surface area (Å²) in [7, 11) is 1.91. The second-order valence-electron chi connectivity index (χ2n) is 5.66. The van der Waals surface area contributed by atoms with E-state index in [4.69, 9.17) is 4.74 Å². The van der Waals surface area contributed by atoms with Crippen molar-refractivity contribution in [3.8, 4) is 5.75 Å². The third kappa shape index (κ3) is 4.84. The molecule has 0 heterocycles. The van der Waals surface area contributed by atoms with E-state index in [1.165, 1.54) is 5.75 Å². The van der Waals surface area contributed by atoms with E-state index in [1.807, 2.05) is 14.9 Å². The van der Waals surface area contributed by atoms with Crippen LogP contribution in [0.15, 0.2) is 0 Å². The molecule has 2 aromatic rings. The van der Waals surface area contributed by atoms with Gasteiger partial charge in [0.05, 0.1) is 0 Å². The molecular weight excluding hydrogens is 1520 g/mol. The molecule has 0 atom stereocenters. The van der Waals surface area contributed by atoms with Crippen LogP contribution in [0.25, 0.3) is 10.8 Å². The van der Waals surface area contributed by atoms with Crippen molar-refractivity contribution in [3.05, 3.63) is 5.56 Å². The maximum absolute atomic E-state index is 5.84. The molecule has 78 valence electrons. The molecule has 0 N–H and O–H groups in total. The van der Waals surface area contributed by atoms with Gasteiger partial charge in [-0.15, -0.1) is 0 Å². The average Bonchev–Trinajstić information content (AvgIpc) is 2.38. The van der Waals surface area contributed by atoms with E-state index in [9.17, 15) is 0 Å². The number of benzene rings is 2. The van der Waals surface area contributed by atoms with Crippen molar-refractivity contribution in [2.24, 2.45) is 0 Å². The molecule has 0 aliphatic carbocycles. The first-order valence-corrected chi connectivity index (χ1v) is 31.5. The maximum atomic E-state index is 5.84. The first-order chi connectivity index (χ1) is 8.82. The predicted octanol–water partition coefficient (Wildman–Crippen LogP) is -3.40. The molecular formula is C12H12ORa6. The molecule has 0 radical (unpaired) electrons. The van der Waals surface area contributed by atoms with Crippen LogP contribution in [0.4, 0.5) is 0 Å². The van der Waals surface area contributed by atoms with Gasteiger partial charge in [0, 0.05) is 0 Å². The zero-order valence-electron chi connectivity index (χ0n) is 13.4. The van der Waals surface area contributed by atoms with E-state index in [0.29, 0.717) is 257 Å². The van der Waals surface area contributed by atoms with Crippen molar-refractivity contribution in [1.82, 2.24) is 0 Å². The van der Waals surface area contributed by atoms with Gasteiger partial charge in [0.2, 0.25) is 0 Å². The summed E-state index contributed by atoms with van der Waals surface area (Å²) < 4.78 is 16.7. The van der Waals surface area contributed by atoms with E-state index < -0.39 is 0 Å². The van der Waals surface area contributed by atoms with Crippen molar-refractivity contribution >= 4 is 14.4 Å². The van der Waals surface area contributed by atoms with Gasteiger partial charge in [0.15, 0.2) is 0 Å². The molecule has 0 bridgehead atoms. The first-order valence-electron chi connectivity index (χ1n) is 6.86. The molecule has 2 rings (SSSR count). The molecule has 2 aromatic carbocycles. The van der Waals surface area contributed by atoms with Crippen LogP contribution in [0, 0.1) is 264 Å². The SMILES string of the molecule is COc1[c]([RaH])[c]([RaH])c2[c]([RaH])c(C)[c]([RaH])[c]([RaH])c2[c]1[RaH]. The fraction of sp³-hybridized carbons (Fsp3) is 0.167. The van der Waals surface area contributed by atoms with Crippen LogP contribution < -0.4 is 8.36 Å². The fourth-order valence-electron chi connectivity index (χ4n) is 3.31. The van der Waals surface area contributed by atoms with Crippen LogP contribution in [0.2, 0.25) is 0 Å². The molecule has 0 saturated carbocycles. The van der Waals surface area contributed by atoms with Crippen LogP contribution in [-0.4, -0.2) is 7.11 Å². The van der Waals surface area contributed by atoms with Gasteiger partial charge in [0.25, 0.3) is 0 Å². The Morgan fingerprint density at radius 2 is 1.11 bits per heavy atom. The first kappa shape index (κ1) is 22.6. The summed E-state index contributed by atoms with van der Waals surface area (Å²) in [5, 5.41) is 3.61. The van der Waals surface area contributed by atoms with E-state index >= 15 is 0 Å². The molecule has 0 amide bonds. The van der Waals surface area contributed by atoms with Gasteiger partial charge in [-0.25, -0.2) is 0 Å². The van der Waals surface area contributed by atoms with E-state index in [2.05, 4.69) is 6.92 Å². The molecule has 0 unspecified atom stereocenters. The van der Waals surface area contributed by atoms with E-state index in [-0.39, 0.29) is 0 Å². The molecule has 1 nitrogen and oxygen atoms in total. The molecule has 0 aliphatic heterocycles. The van der Waals surface area contributed by atoms with Gasteiger partial charge < -0.3 is 0 Å². The molecule has 0 fully saturated rings. The summed E-state index contributed by atoms with van der Waals surface area (Å²) in [5.74, 6) is 1.39. The number of rotatable bonds is 1. The zero-order valence-corrected chi connectivity index (χ0v) is 62.7. The van der Waals surface area contributed by atoms with Gasteiger partial charge >= 0.3 is 301 Å². The minimum absolute atomic E-state index is 0.403. The number of hydrogen-bond acceptors (Lipinski definition) is 1. The summed E-state index contributed by atoms with van der Waals surface area (Å²) in [6, 6.07) is 0. The number of hydrogen-bond donors (Lipinski definition) is 0. The summed E-state index contributed by atoms with van der Waals surface area (Å²) in [6.07, 6.45) is 0. The molecule has 19 heavy (non-hydrogen) atoms. The van der Waals surface area contributed by atoms with Gasteiger partial charge in [-0.05, 0) is 0 Å². The summed E-state index contributed by atoms with van der Waals surface area (Å²) in [4.78, 5) is 0. The second-order valence-corrected chi connectivity index (χ2v) is 30.3. The normalized spacial score (nSPS) is 10.5. The van der Waals surface area contributed by atoms with E-state index in [0.717, 1.165) is 0 Å². The molecule has 0 aliphatic rings. The topological polar surface area (TPSA) is 9.23 Å². The van der Waals surface area contributed by atoms with Crippen LogP contribution in [0.3, 0.4) is 0 Å². The van der Waals surface area contributed by atoms with Gasteiger partial charge in [-0.1, -0.05) is 0 Å². The third-order valence-electron chi connectivity index (χ3n) is 4.89. The standard InChI is InChI=1S/C12H6O.6Ra.6H/c1-9-3-4-11-8-12(13-2)6-5-10(11)7-9;;;;;;;;;;;;/h1-2H3;;;;;;;;;;;;. The Labute approximate surface area is 290 Å². The van der Waals surface area contributed by atoms with Crippen molar-refractivity contribution < 1.29 is 261 Å². The molecule has 0 spiro atoms. The second kappa shape index (κ2) is 10.2. The average molecular weight is 1530 g/mol. The van der Waals surface area contributed by atoms with Crippen molar-refractivity contribution in [2.75, 3.05) is 7.11 Å². The Kier molecular flexibility index (Phi) is 12.1. The monoisotopic (exact) mass is 1530 g/mol. The predicted molar refractivity (Wildman–Crippen MR) is 61.4 cm³/mol.